The van der Waals surface area contributed by atoms with Crippen LogP contribution in [0, 0.1) is 0 Å². The molecule has 32 heavy (non-hydrogen) atoms. The van der Waals surface area contributed by atoms with Gasteiger partial charge in [0, 0.05) is 13.1 Å². The molecule has 1 aromatic carbocycles. The second kappa shape index (κ2) is 11.2. The van der Waals surface area contributed by atoms with Gasteiger partial charge in [-0.3, -0.25) is 19.3 Å². The number of amides is 3. The fourth-order valence-corrected chi connectivity index (χ4v) is 4.56. The molecule has 174 valence electrons. The Morgan fingerprint density at radius 1 is 1.28 bits per heavy atom. The topological polar surface area (TPSA) is 85.4 Å². The summed E-state index contributed by atoms with van der Waals surface area (Å²) in [5.41, 5.74) is 0.682. The van der Waals surface area contributed by atoms with Crippen LogP contribution >= 0.6 is 27.7 Å². The van der Waals surface area contributed by atoms with Gasteiger partial charge in [0.25, 0.3) is 11.1 Å². The van der Waals surface area contributed by atoms with E-state index in [4.69, 9.17) is 14.2 Å². The first-order valence-corrected chi connectivity index (χ1v) is 12.2. The van der Waals surface area contributed by atoms with Gasteiger partial charge in [-0.15, -0.1) is 0 Å². The number of hydrogen-bond donors (Lipinski definition) is 0. The first-order chi connectivity index (χ1) is 15.3. The van der Waals surface area contributed by atoms with Gasteiger partial charge >= 0.3 is 0 Å². The lowest BCUT2D eigenvalue weighted by atomic mass is 10.1. The molecule has 1 aromatic rings. The third-order valence-electron chi connectivity index (χ3n) is 5.05. The Kier molecular flexibility index (Phi) is 8.61. The number of morpholine rings is 1. The molecule has 2 fully saturated rings. The largest absolute Gasteiger partial charge is 0.490 e. The molecule has 0 saturated carbocycles. The smallest absolute Gasteiger partial charge is 0.294 e. The molecular weight excluding hydrogens is 500 g/mol. The number of carbonyl (C=O) groups excluding carboxylic acids is 3. The van der Waals surface area contributed by atoms with Crippen LogP contribution in [0.5, 0.6) is 11.5 Å². The van der Waals surface area contributed by atoms with E-state index in [9.17, 15) is 14.4 Å². The number of hydrogen-bond acceptors (Lipinski definition) is 7. The molecular formula is C22H27BrN2O6S. The quantitative estimate of drug-likeness (QED) is 0.474. The first-order valence-electron chi connectivity index (χ1n) is 10.6. The van der Waals surface area contributed by atoms with Gasteiger partial charge in [-0.2, -0.15) is 0 Å². The summed E-state index contributed by atoms with van der Waals surface area (Å²) in [7, 11) is 0. The zero-order valence-electron chi connectivity index (χ0n) is 18.4. The maximum atomic E-state index is 12.8. The fourth-order valence-electron chi connectivity index (χ4n) is 3.17. The van der Waals surface area contributed by atoms with Crippen molar-refractivity contribution in [3.63, 3.8) is 0 Å². The highest BCUT2D eigenvalue weighted by Crippen LogP contribution is 2.40. The Hall–Kier alpha value is -2.04. The minimum Gasteiger partial charge on any atom is -0.490 e. The summed E-state index contributed by atoms with van der Waals surface area (Å²) < 4.78 is 17.7. The lowest BCUT2D eigenvalue weighted by Gasteiger charge is -2.28. The molecule has 3 rings (SSSR count). The van der Waals surface area contributed by atoms with Crippen LogP contribution in [0.25, 0.3) is 6.08 Å². The van der Waals surface area contributed by atoms with Gasteiger partial charge in [0.15, 0.2) is 11.5 Å². The lowest BCUT2D eigenvalue weighted by molar-refractivity contribution is -0.139. The number of thioether (sulfide) groups is 1. The number of nitrogens with zero attached hydrogens (tertiary/aromatic N) is 2. The summed E-state index contributed by atoms with van der Waals surface area (Å²) in [5, 5.41) is -0.455. The molecule has 2 aliphatic heterocycles. The highest BCUT2D eigenvalue weighted by molar-refractivity contribution is 9.10. The third kappa shape index (κ3) is 5.85. The van der Waals surface area contributed by atoms with Crippen molar-refractivity contribution in [3.8, 4) is 11.5 Å². The highest BCUT2D eigenvalue weighted by Gasteiger charge is 2.37. The first kappa shape index (κ1) is 24.6. The zero-order chi connectivity index (χ0) is 23.3. The zero-order valence-corrected chi connectivity index (χ0v) is 20.8. The van der Waals surface area contributed by atoms with Gasteiger partial charge in [0.2, 0.25) is 5.91 Å². The minimum absolute atomic E-state index is 0.0110. The molecule has 0 bridgehead atoms. The SMILES string of the molecule is CCOc1cc(/C=C2/SC(=O)N(CC(=O)N3CCOCC3)C2=O)cc(Br)c1O[C@H](C)CC. The van der Waals surface area contributed by atoms with Crippen LogP contribution in [-0.2, 0) is 14.3 Å². The van der Waals surface area contributed by atoms with Crippen LogP contribution in [0.4, 0.5) is 4.79 Å². The van der Waals surface area contributed by atoms with Crippen molar-refractivity contribution in [2.45, 2.75) is 33.3 Å². The summed E-state index contributed by atoms with van der Waals surface area (Å²) in [6.07, 6.45) is 2.48. The fraction of sp³-hybridized carbons (Fsp3) is 0.500. The second-order valence-electron chi connectivity index (χ2n) is 7.36. The molecule has 0 spiro atoms. The van der Waals surface area contributed by atoms with Gasteiger partial charge in [-0.25, -0.2) is 0 Å². The van der Waals surface area contributed by atoms with E-state index in [2.05, 4.69) is 15.9 Å². The number of imide groups is 1. The van der Waals surface area contributed by atoms with Gasteiger partial charge in [0.1, 0.15) is 6.54 Å². The van der Waals surface area contributed by atoms with Crippen LogP contribution in [0.1, 0.15) is 32.8 Å². The van der Waals surface area contributed by atoms with E-state index < -0.39 is 11.1 Å². The number of carbonyl (C=O) groups is 3. The normalized spacial score (nSPS) is 18.9. The van der Waals surface area contributed by atoms with Gasteiger partial charge in [-0.1, -0.05) is 6.92 Å². The Balaban J connectivity index is 1.79. The summed E-state index contributed by atoms with van der Waals surface area (Å²) in [4.78, 5) is 40.6. The van der Waals surface area contributed by atoms with Crippen molar-refractivity contribution in [1.82, 2.24) is 9.80 Å². The molecule has 0 aliphatic carbocycles. The summed E-state index contributed by atoms with van der Waals surface area (Å²) >= 11 is 4.35. The predicted octanol–water partition coefficient (Wildman–Crippen LogP) is 3.92. The number of benzene rings is 1. The van der Waals surface area contributed by atoms with Crippen molar-refractivity contribution < 1.29 is 28.6 Å². The maximum absolute atomic E-state index is 12.8. The monoisotopic (exact) mass is 526 g/mol. The molecule has 0 aromatic heterocycles. The van der Waals surface area contributed by atoms with E-state index in [0.29, 0.717) is 54.4 Å². The molecule has 8 nitrogen and oxygen atoms in total. The number of rotatable bonds is 8. The van der Waals surface area contributed by atoms with Crippen molar-refractivity contribution in [2.24, 2.45) is 0 Å². The molecule has 10 heteroatoms. The third-order valence-corrected chi connectivity index (χ3v) is 6.55. The van der Waals surface area contributed by atoms with E-state index in [1.54, 1.807) is 17.0 Å². The van der Waals surface area contributed by atoms with Crippen molar-refractivity contribution in [1.29, 1.82) is 0 Å². The molecule has 0 N–H and O–H groups in total. The number of ether oxygens (including phenoxy) is 3. The average Bonchev–Trinajstić information content (AvgIpc) is 3.04. The molecule has 1 atom stereocenters. The Morgan fingerprint density at radius 2 is 2.00 bits per heavy atom. The van der Waals surface area contributed by atoms with E-state index in [-0.39, 0.29) is 23.5 Å². The molecule has 2 saturated heterocycles. The van der Waals surface area contributed by atoms with Crippen LogP contribution in [0.15, 0.2) is 21.5 Å². The molecule has 3 amide bonds. The molecule has 2 heterocycles. The molecule has 0 unspecified atom stereocenters. The Morgan fingerprint density at radius 3 is 2.66 bits per heavy atom. The highest BCUT2D eigenvalue weighted by atomic mass is 79.9. The van der Waals surface area contributed by atoms with Crippen LogP contribution in [-0.4, -0.2) is 72.4 Å². The van der Waals surface area contributed by atoms with Crippen molar-refractivity contribution in [2.75, 3.05) is 39.5 Å². The lowest BCUT2D eigenvalue weighted by Crippen LogP contribution is -2.46. The van der Waals surface area contributed by atoms with E-state index >= 15 is 0 Å². The standard InChI is InChI=1S/C22H27BrN2O6S/c1-4-14(3)31-20-16(23)10-15(11-17(20)30-5-2)12-18-21(27)25(22(28)32-18)13-19(26)24-6-8-29-9-7-24/h10-12,14H,4-9,13H2,1-3H3/b18-12+/t14-/m1/s1. The van der Waals surface area contributed by atoms with Crippen LogP contribution < -0.4 is 9.47 Å². The van der Waals surface area contributed by atoms with Crippen LogP contribution in [0.2, 0.25) is 0 Å². The van der Waals surface area contributed by atoms with Crippen LogP contribution in [0.3, 0.4) is 0 Å². The van der Waals surface area contributed by atoms with Crippen molar-refractivity contribution >= 4 is 50.8 Å². The minimum atomic E-state index is -0.476. The van der Waals surface area contributed by atoms with E-state index in [0.717, 1.165) is 23.1 Å². The second-order valence-corrected chi connectivity index (χ2v) is 9.21. The summed E-state index contributed by atoms with van der Waals surface area (Å²) in [6.45, 7) is 7.92. The Bertz CT molecular complexity index is 916. The van der Waals surface area contributed by atoms with Gasteiger partial charge < -0.3 is 19.1 Å². The molecule has 0 radical (unpaired) electrons. The summed E-state index contributed by atoms with van der Waals surface area (Å²) in [5.74, 6) is 0.415. The number of halogens is 1. The van der Waals surface area contributed by atoms with Gasteiger partial charge in [0.05, 0.1) is 35.3 Å². The Labute approximate surface area is 200 Å². The maximum Gasteiger partial charge on any atom is 0.294 e. The predicted molar refractivity (Wildman–Crippen MR) is 126 cm³/mol. The van der Waals surface area contributed by atoms with E-state index in [1.807, 2.05) is 26.8 Å². The van der Waals surface area contributed by atoms with E-state index in [1.165, 1.54) is 0 Å². The molecule has 2 aliphatic rings. The summed E-state index contributed by atoms with van der Waals surface area (Å²) in [6, 6.07) is 3.59. The average molecular weight is 527 g/mol. The van der Waals surface area contributed by atoms with Crippen molar-refractivity contribution in [3.05, 3.63) is 27.1 Å². The van der Waals surface area contributed by atoms with Gasteiger partial charge in [-0.05, 0) is 71.7 Å².